The molecule has 1 atom stereocenters. The molecule has 1 unspecified atom stereocenters. The van der Waals surface area contributed by atoms with Gasteiger partial charge < -0.3 is 0 Å². The largest absolute Gasteiger partial charge is 0.293 e. The average Bonchev–Trinajstić information content (AvgIpc) is 2.95. The van der Waals surface area contributed by atoms with Crippen molar-refractivity contribution in [3.8, 4) is 0 Å². The normalized spacial score (nSPS) is 21.1. The predicted molar refractivity (Wildman–Crippen MR) is 128 cm³/mol. The summed E-state index contributed by atoms with van der Waals surface area (Å²) in [7, 11) is 0. The fourth-order valence-electron chi connectivity index (χ4n) is 5.41. The number of rotatable bonds is 6. The van der Waals surface area contributed by atoms with Crippen LogP contribution in [0.5, 0.6) is 0 Å². The predicted octanol–water partition coefficient (Wildman–Crippen LogP) is 6.76. The minimum Gasteiger partial charge on any atom is -0.293 e. The van der Waals surface area contributed by atoms with Crippen LogP contribution in [0.15, 0.2) is 78.9 Å². The van der Waals surface area contributed by atoms with Crippen molar-refractivity contribution in [1.29, 1.82) is 0 Å². The lowest BCUT2D eigenvalue weighted by Crippen LogP contribution is -2.51. The molecule has 3 aromatic rings. The first kappa shape index (κ1) is 20.9. The van der Waals surface area contributed by atoms with Gasteiger partial charge in [0.2, 0.25) is 0 Å². The second kappa shape index (κ2) is 8.40. The molecule has 30 heavy (non-hydrogen) atoms. The van der Waals surface area contributed by atoms with Crippen LogP contribution in [-0.4, -0.2) is 17.0 Å². The fourth-order valence-corrected chi connectivity index (χ4v) is 5.41. The SMILES string of the molecule is Cc1cccc(CN2CCC(Cc3ccccc3)(Cc3ccccc3C)C2(C)C)c1. The van der Waals surface area contributed by atoms with Crippen LogP contribution in [0.3, 0.4) is 0 Å². The third-order valence-electron chi connectivity index (χ3n) is 7.58. The molecule has 4 rings (SSSR count). The van der Waals surface area contributed by atoms with Gasteiger partial charge in [0.05, 0.1) is 0 Å². The van der Waals surface area contributed by atoms with Crippen molar-refractivity contribution in [2.45, 2.75) is 59.0 Å². The summed E-state index contributed by atoms with van der Waals surface area (Å²) < 4.78 is 0. The minimum absolute atomic E-state index is 0.106. The molecule has 0 aromatic heterocycles. The highest BCUT2D eigenvalue weighted by Crippen LogP contribution is 2.50. The third-order valence-corrected chi connectivity index (χ3v) is 7.58. The molecule has 0 amide bonds. The zero-order chi connectivity index (χ0) is 21.2. The zero-order valence-electron chi connectivity index (χ0n) is 19.0. The molecule has 0 aliphatic carbocycles. The monoisotopic (exact) mass is 397 g/mol. The van der Waals surface area contributed by atoms with Gasteiger partial charge in [-0.1, -0.05) is 84.4 Å². The first-order chi connectivity index (χ1) is 14.4. The summed E-state index contributed by atoms with van der Waals surface area (Å²) in [5.74, 6) is 0. The Morgan fingerprint density at radius 1 is 0.767 bits per heavy atom. The maximum atomic E-state index is 2.73. The summed E-state index contributed by atoms with van der Waals surface area (Å²) in [6, 6.07) is 29.1. The van der Waals surface area contributed by atoms with Crippen LogP contribution in [0.2, 0.25) is 0 Å². The van der Waals surface area contributed by atoms with Crippen LogP contribution in [-0.2, 0) is 19.4 Å². The first-order valence-electron chi connectivity index (χ1n) is 11.3. The van der Waals surface area contributed by atoms with E-state index in [4.69, 9.17) is 0 Å². The smallest absolute Gasteiger partial charge is 0.0239 e. The minimum atomic E-state index is 0.106. The van der Waals surface area contributed by atoms with Crippen LogP contribution >= 0.6 is 0 Å². The number of aryl methyl sites for hydroxylation is 2. The lowest BCUT2D eigenvalue weighted by Gasteiger charge is -2.46. The third kappa shape index (κ3) is 4.09. The van der Waals surface area contributed by atoms with E-state index in [0.29, 0.717) is 0 Å². The van der Waals surface area contributed by atoms with Crippen LogP contribution in [0.25, 0.3) is 0 Å². The molecular formula is C29H35N. The number of benzene rings is 3. The molecule has 0 bridgehead atoms. The zero-order valence-corrected chi connectivity index (χ0v) is 19.0. The van der Waals surface area contributed by atoms with Crippen LogP contribution in [0.1, 0.15) is 48.1 Å². The van der Waals surface area contributed by atoms with Gasteiger partial charge in [0, 0.05) is 12.1 Å². The molecule has 1 aliphatic heterocycles. The van der Waals surface area contributed by atoms with Crippen molar-refractivity contribution in [1.82, 2.24) is 4.90 Å². The highest BCUT2D eigenvalue weighted by Gasteiger charge is 2.52. The molecule has 0 spiro atoms. The molecule has 0 saturated carbocycles. The number of hydrogen-bond donors (Lipinski definition) is 0. The van der Waals surface area contributed by atoms with Crippen LogP contribution in [0, 0.1) is 19.3 Å². The van der Waals surface area contributed by atoms with E-state index >= 15 is 0 Å². The number of nitrogens with zero attached hydrogens (tertiary/aromatic N) is 1. The summed E-state index contributed by atoms with van der Waals surface area (Å²) in [5, 5.41) is 0. The Morgan fingerprint density at radius 3 is 2.20 bits per heavy atom. The lowest BCUT2D eigenvalue weighted by molar-refractivity contribution is 0.0603. The Kier molecular flexibility index (Phi) is 5.84. The van der Waals surface area contributed by atoms with Gasteiger partial charge in [-0.25, -0.2) is 0 Å². The van der Waals surface area contributed by atoms with Gasteiger partial charge in [-0.15, -0.1) is 0 Å². The van der Waals surface area contributed by atoms with E-state index in [9.17, 15) is 0 Å². The second-order valence-corrected chi connectivity index (χ2v) is 9.77. The first-order valence-corrected chi connectivity index (χ1v) is 11.3. The fraction of sp³-hybridized carbons (Fsp3) is 0.379. The molecule has 156 valence electrons. The molecule has 1 heteroatoms. The van der Waals surface area contributed by atoms with Gasteiger partial charge in [0.25, 0.3) is 0 Å². The molecule has 1 fully saturated rings. The summed E-state index contributed by atoms with van der Waals surface area (Å²) in [4.78, 5) is 2.73. The molecule has 3 aromatic carbocycles. The Balaban J connectivity index is 1.68. The van der Waals surface area contributed by atoms with E-state index in [-0.39, 0.29) is 11.0 Å². The summed E-state index contributed by atoms with van der Waals surface area (Å²) >= 11 is 0. The summed E-state index contributed by atoms with van der Waals surface area (Å²) in [6.45, 7) is 11.6. The van der Waals surface area contributed by atoms with Crippen molar-refractivity contribution >= 4 is 0 Å². The standard InChI is InChI=1S/C29H35N/c1-23-11-10-15-26(19-23)22-30-18-17-29(28(30,3)4,20-25-13-6-5-7-14-25)21-27-16-9-8-12-24(27)2/h5-16,19H,17-18,20-22H2,1-4H3. The highest BCUT2D eigenvalue weighted by molar-refractivity contribution is 5.31. The van der Waals surface area contributed by atoms with Crippen LogP contribution < -0.4 is 0 Å². The van der Waals surface area contributed by atoms with E-state index in [0.717, 1.165) is 25.9 Å². The van der Waals surface area contributed by atoms with Gasteiger partial charge in [-0.3, -0.25) is 4.90 Å². The Morgan fingerprint density at radius 2 is 1.47 bits per heavy atom. The Bertz CT molecular complexity index is 988. The van der Waals surface area contributed by atoms with Crippen LogP contribution in [0.4, 0.5) is 0 Å². The Hall–Kier alpha value is -2.38. The van der Waals surface area contributed by atoms with E-state index in [1.54, 1.807) is 0 Å². The van der Waals surface area contributed by atoms with Gasteiger partial charge in [0.1, 0.15) is 0 Å². The highest BCUT2D eigenvalue weighted by atomic mass is 15.2. The van der Waals surface area contributed by atoms with E-state index in [2.05, 4.69) is 111 Å². The number of hydrogen-bond acceptors (Lipinski definition) is 1. The molecule has 0 N–H and O–H groups in total. The molecular weight excluding hydrogens is 362 g/mol. The van der Waals surface area contributed by atoms with Gasteiger partial charge in [-0.05, 0) is 81.2 Å². The van der Waals surface area contributed by atoms with Crippen molar-refractivity contribution in [3.63, 3.8) is 0 Å². The maximum absolute atomic E-state index is 2.73. The molecule has 1 nitrogen and oxygen atoms in total. The van der Waals surface area contributed by atoms with Gasteiger partial charge in [0.15, 0.2) is 0 Å². The van der Waals surface area contributed by atoms with Gasteiger partial charge in [-0.2, -0.15) is 0 Å². The van der Waals surface area contributed by atoms with Gasteiger partial charge >= 0.3 is 0 Å². The molecule has 1 heterocycles. The molecule has 0 radical (unpaired) electrons. The number of likely N-dealkylation sites (tertiary alicyclic amines) is 1. The quantitative estimate of drug-likeness (QED) is 0.444. The second-order valence-electron chi connectivity index (χ2n) is 9.77. The van der Waals surface area contributed by atoms with Crippen molar-refractivity contribution in [3.05, 3.63) is 107 Å². The van der Waals surface area contributed by atoms with Crippen molar-refractivity contribution in [2.24, 2.45) is 5.41 Å². The molecule has 1 aliphatic rings. The average molecular weight is 398 g/mol. The topological polar surface area (TPSA) is 3.24 Å². The maximum Gasteiger partial charge on any atom is 0.0239 e. The molecule has 1 saturated heterocycles. The Labute approximate surface area is 182 Å². The lowest BCUT2D eigenvalue weighted by atomic mass is 9.64. The van der Waals surface area contributed by atoms with E-state index in [1.165, 1.54) is 34.2 Å². The summed E-state index contributed by atoms with van der Waals surface area (Å²) in [6.07, 6.45) is 3.49. The van der Waals surface area contributed by atoms with E-state index < -0.39 is 0 Å². The van der Waals surface area contributed by atoms with Crippen molar-refractivity contribution < 1.29 is 0 Å². The van der Waals surface area contributed by atoms with Crippen molar-refractivity contribution in [2.75, 3.05) is 6.54 Å². The summed E-state index contributed by atoms with van der Waals surface area (Å²) in [5.41, 5.74) is 7.46. The van der Waals surface area contributed by atoms with E-state index in [1.807, 2.05) is 0 Å².